The fraction of sp³-hybridized carbons (Fsp3) is 0.278. The van der Waals surface area contributed by atoms with Crippen LogP contribution in [-0.2, 0) is 11.3 Å². The summed E-state index contributed by atoms with van der Waals surface area (Å²) in [6, 6.07) is 13.5. The second kappa shape index (κ2) is 8.58. The predicted molar refractivity (Wildman–Crippen MR) is 93.7 cm³/mol. The molecule has 23 heavy (non-hydrogen) atoms. The molecule has 0 atom stereocenters. The van der Waals surface area contributed by atoms with Crippen molar-refractivity contribution < 1.29 is 14.3 Å². The third kappa shape index (κ3) is 5.60. The molecular formula is C18H20BrNO3. The van der Waals surface area contributed by atoms with Crippen molar-refractivity contribution in [3.63, 3.8) is 0 Å². The zero-order valence-electron chi connectivity index (χ0n) is 13.3. The number of hydrogen-bond acceptors (Lipinski definition) is 3. The molecule has 2 aromatic rings. The zero-order chi connectivity index (χ0) is 16.7. The number of aryl methyl sites for hydroxylation is 2. The first kappa shape index (κ1) is 17.3. The van der Waals surface area contributed by atoms with Crippen LogP contribution in [-0.4, -0.2) is 19.2 Å². The highest BCUT2D eigenvalue weighted by atomic mass is 79.9. The van der Waals surface area contributed by atoms with Crippen molar-refractivity contribution in [3.05, 3.63) is 63.6 Å². The molecule has 0 heterocycles. The van der Waals surface area contributed by atoms with E-state index in [9.17, 15) is 4.79 Å². The van der Waals surface area contributed by atoms with Crippen molar-refractivity contribution in [2.45, 2.75) is 20.5 Å². The van der Waals surface area contributed by atoms with Crippen LogP contribution in [0.5, 0.6) is 5.75 Å². The first-order chi connectivity index (χ1) is 11.1. The van der Waals surface area contributed by atoms with Gasteiger partial charge in [-0.05, 0) is 42.7 Å². The van der Waals surface area contributed by atoms with Crippen molar-refractivity contribution >= 4 is 22.0 Å². The summed E-state index contributed by atoms with van der Waals surface area (Å²) in [5.41, 5.74) is 3.20. The van der Waals surface area contributed by atoms with Crippen LogP contribution in [0.25, 0.3) is 0 Å². The highest BCUT2D eigenvalue weighted by molar-refractivity contribution is 9.10. The van der Waals surface area contributed by atoms with Gasteiger partial charge in [0.2, 0.25) is 0 Å². The highest BCUT2D eigenvalue weighted by Gasteiger charge is 2.04. The Labute approximate surface area is 144 Å². The van der Waals surface area contributed by atoms with Gasteiger partial charge in [-0.1, -0.05) is 46.3 Å². The van der Waals surface area contributed by atoms with E-state index in [4.69, 9.17) is 9.47 Å². The number of nitrogens with one attached hydrogen (secondary N) is 1. The van der Waals surface area contributed by atoms with Crippen LogP contribution in [0.15, 0.2) is 46.9 Å². The van der Waals surface area contributed by atoms with Crippen molar-refractivity contribution in [2.75, 3.05) is 13.2 Å². The minimum Gasteiger partial charge on any atom is -0.492 e. The highest BCUT2D eigenvalue weighted by Crippen LogP contribution is 2.26. The second-order valence-corrected chi connectivity index (χ2v) is 6.00. The molecule has 2 aromatic carbocycles. The fourth-order valence-corrected chi connectivity index (χ4v) is 2.31. The Kier molecular flexibility index (Phi) is 6.47. The lowest BCUT2D eigenvalue weighted by atomic mass is 10.1. The van der Waals surface area contributed by atoms with E-state index < -0.39 is 6.09 Å². The third-order valence-electron chi connectivity index (χ3n) is 3.26. The van der Waals surface area contributed by atoms with Gasteiger partial charge in [0.1, 0.15) is 19.0 Å². The van der Waals surface area contributed by atoms with Gasteiger partial charge in [0.05, 0.1) is 6.54 Å². The average molecular weight is 378 g/mol. The van der Waals surface area contributed by atoms with Gasteiger partial charge in [-0.15, -0.1) is 0 Å². The van der Waals surface area contributed by atoms with E-state index in [0.717, 1.165) is 26.9 Å². The van der Waals surface area contributed by atoms with E-state index in [2.05, 4.69) is 21.2 Å². The Hall–Kier alpha value is -2.01. The second-order valence-electron chi connectivity index (χ2n) is 5.21. The third-order valence-corrected chi connectivity index (χ3v) is 4.51. The van der Waals surface area contributed by atoms with E-state index in [1.54, 1.807) is 0 Å². The summed E-state index contributed by atoms with van der Waals surface area (Å²) in [5.74, 6) is 0.794. The van der Waals surface area contributed by atoms with Gasteiger partial charge >= 0.3 is 6.09 Å². The van der Waals surface area contributed by atoms with Crippen molar-refractivity contribution in [1.29, 1.82) is 0 Å². The maximum absolute atomic E-state index is 11.6. The maximum atomic E-state index is 11.6. The van der Waals surface area contributed by atoms with Gasteiger partial charge in [0.25, 0.3) is 0 Å². The molecule has 0 fully saturated rings. The quantitative estimate of drug-likeness (QED) is 0.760. The Bertz CT molecular complexity index is 636. The topological polar surface area (TPSA) is 47.6 Å². The molecule has 0 saturated carbocycles. The smallest absolute Gasteiger partial charge is 0.407 e. The zero-order valence-corrected chi connectivity index (χ0v) is 14.9. The molecule has 0 aromatic heterocycles. The monoisotopic (exact) mass is 377 g/mol. The Morgan fingerprint density at radius 3 is 2.43 bits per heavy atom. The van der Waals surface area contributed by atoms with Crippen LogP contribution in [0.3, 0.4) is 0 Å². The van der Waals surface area contributed by atoms with Gasteiger partial charge in [-0.2, -0.15) is 0 Å². The number of ether oxygens (including phenoxy) is 2. The standard InChI is InChI=1S/C18H20BrNO3/c1-13-10-16(11-14(2)17(13)19)22-9-8-20-18(21)23-12-15-6-4-3-5-7-15/h3-7,10-11H,8-9,12H2,1-2H3,(H,20,21). The summed E-state index contributed by atoms with van der Waals surface area (Å²) in [5, 5.41) is 2.67. The molecule has 122 valence electrons. The Morgan fingerprint density at radius 1 is 1.13 bits per heavy atom. The largest absolute Gasteiger partial charge is 0.492 e. The SMILES string of the molecule is Cc1cc(OCCNC(=O)OCc2ccccc2)cc(C)c1Br. The Balaban J connectivity index is 1.68. The minimum absolute atomic E-state index is 0.263. The van der Waals surface area contributed by atoms with E-state index in [0.29, 0.717) is 13.2 Å². The van der Waals surface area contributed by atoms with Crippen molar-refractivity contribution in [3.8, 4) is 5.75 Å². The summed E-state index contributed by atoms with van der Waals surface area (Å²) in [4.78, 5) is 11.6. The van der Waals surface area contributed by atoms with E-state index in [1.807, 2.05) is 56.3 Å². The Morgan fingerprint density at radius 2 is 1.78 bits per heavy atom. The molecule has 0 radical (unpaired) electrons. The first-order valence-electron chi connectivity index (χ1n) is 7.40. The summed E-state index contributed by atoms with van der Waals surface area (Å²) in [6.45, 7) is 5.08. The summed E-state index contributed by atoms with van der Waals surface area (Å²) < 4.78 is 11.9. The van der Waals surface area contributed by atoms with Crippen LogP contribution in [0.4, 0.5) is 4.79 Å². The lowest BCUT2D eigenvalue weighted by Gasteiger charge is -2.11. The van der Waals surface area contributed by atoms with Crippen LogP contribution in [0.1, 0.15) is 16.7 Å². The normalized spacial score (nSPS) is 10.2. The molecule has 0 unspecified atom stereocenters. The first-order valence-corrected chi connectivity index (χ1v) is 8.19. The van der Waals surface area contributed by atoms with E-state index in [-0.39, 0.29) is 6.61 Å². The number of hydrogen-bond donors (Lipinski definition) is 1. The molecule has 2 rings (SSSR count). The van der Waals surface area contributed by atoms with E-state index in [1.165, 1.54) is 0 Å². The molecular weight excluding hydrogens is 358 g/mol. The maximum Gasteiger partial charge on any atom is 0.407 e. The van der Waals surface area contributed by atoms with Crippen LogP contribution >= 0.6 is 15.9 Å². The molecule has 4 nitrogen and oxygen atoms in total. The van der Waals surface area contributed by atoms with Gasteiger partial charge in [-0.25, -0.2) is 4.79 Å². The fourth-order valence-electron chi connectivity index (χ4n) is 2.09. The molecule has 0 spiro atoms. The number of halogens is 1. The molecule has 1 N–H and O–H groups in total. The van der Waals surface area contributed by atoms with Crippen molar-refractivity contribution in [2.24, 2.45) is 0 Å². The number of carbonyl (C=O) groups excluding carboxylic acids is 1. The average Bonchev–Trinajstić information content (AvgIpc) is 2.55. The number of rotatable bonds is 6. The molecule has 1 amide bonds. The number of alkyl carbamates (subject to hydrolysis) is 1. The molecule has 0 aliphatic heterocycles. The number of carbonyl (C=O) groups is 1. The molecule has 0 aliphatic rings. The summed E-state index contributed by atoms with van der Waals surface area (Å²) in [7, 11) is 0. The lowest BCUT2D eigenvalue weighted by Crippen LogP contribution is -2.28. The molecule has 0 saturated heterocycles. The number of benzene rings is 2. The van der Waals surface area contributed by atoms with E-state index >= 15 is 0 Å². The van der Waals surface area contributed by atoms with Crippen LogP contribution in [0.2, 0.25) is 0 Å². The van der Waals surface area contributed by atoms with Crippen LogP contribution in [0, 0.1) is 13.8 Å². The number of amides is 1. The minimum atomic E-state index is -0.444. The molecule has 0 aliphatic carbocycles. The van der Waals surface area contributed by atoms with Gasteiger partial charge < -0.3 is 14.8 Å². The van der Waals surface area contributed by atoms with Gasteiger partial charge in [0.15, 0.2) is 0 Å². The van der Waals surface area contributed by atoms with Gasteiger partial charge in [-0.3, -0.25) is 0 Å². The lowest BCUT2D eigenvalue weighted by molar-refractivity contribution is 0.137. The molecule has 5 heteroatoms. The molecule has 0 bridgehead atoms. The van der Waals surface area contributed by atoms with Crippen LogP contribution < -0.4 is 10.1 Å². The summed E-state index contributed by atoms with van der Waals surface area (Å²) in [6.07, 6.45) is -0.444. The van der Waals surface area contributed by atoms with Gasteiger partial charge in [0, 0.05) is 4.47 Å². The predicted octanol–water partition coefficient (Wildman–Crippen LogP) is 4.37. The van der Waals surface area contributed by atoms with Crippen molar-refractivity contribution in [1.82, 2.24) is 5.32 Å². The summed E-state index contributed by atoms with van der Waals surface area (Å²) >= 11 is 3.52.